The summed E-state index contributed by atoms with van der Waals surface area (Å²) in [6, 6.07) is 10.3. The number of benzene rings is 1. The summed E-state index contributed by atoms with van der Waals surface area (Å²) in [5.74, 6) is 0.468. The number of amides is 1. The third kappa shape index (κ3) is 3.46. The molecule has 0 fully saturated rings. The van der Waals surface area contributed by atoms with E-state index in [1.54, 1.807) is 7.11 Å². The molecule has 0 aliphatic carbocycles. The van der Waals surface area contributed by atoms with Gasteiger partial charge in [0, 0.05) is 25.2 Å². The van der Waals surface area contributed by atoms with Crippen LogP contribution in [0.1, 0.15) is 28.5 Å². The van der Waals surface area contributed by atoms with Crippen LogP contribution in [0.5, 0.6) is 5.75 Å². The van der Waals surface area contributed by atoms with Gasteiger partial charge in [-0.25, -0.2) is 4.68 Å². The molecule has 0 saturated heterocycles. The van der Waals surface area contributed by atoms with Gasteiger partial charge in [0.15, 0.2) is 0 Å². The summed E-state index contributed by atoms with van der Waals surface area (Å²) in [5.41, 5.74) is 0.888. The van der Waals surface area contributed by atoms with E-state index in [4.69, 9.17) is 9.47 Å². The highest BCUT2D eigenvalue weighted by atomic mass is 16.5. The normalized spacial score (nSPS) is 16.1. The summed E-state index contributed by atoms with van der Waals surface area (Å²) in [4.78, 5) is 24.2. The first-order chi connectivity index (χ1) is 11.7. The summed E-state index contributed by atoms with van der Waals surface area (Å²) in [6.45, 7) is 1.20. The van der Waals surface area contributed by atoms with Crippen LogP contribution in [0.25, 0.3) is 0 Å². The number of ether oxygens (including phenoxy) is 2. The highest BCUT2D eigenvalue weighted by molar-refractivity contribution is 5.92. The summed E-state index contributed by atoms with van der Waals surface area (Å²) in [5, 5.41) is 7.08. The van der Waals surface area contributed by atoms with Gasteiger partial charge in [0.25, 0.3) is 11.5 Å². The van der Waals surface area contributed by atoms with Crippen molar-refractivity contribution in [2.45, 2.75) is 19.0 Å². The lowest BCUT2D eigenvalue weighted by atomic mass is 10.0. The Morgan fingerprint density at radius 3 is 3.04 bits per heavy atom. The van der Waals surface area contributed by atoms with Crippen molar-refractivity contribution in [2.75, 3.05) is 20.3 Å². The fraction of sp³-hybridized carbons (Fsp3) is 0.353. The monoisotopic (exact) mass is 329 g/mol. The third-order valence-corrected chi connectivity index (χ3v) is 3.87. The van der Waals surface area contributed by atoms with Gasteiger partial charge in [0.2, 0.25) is 0 Å². The maximum Gasteiger partial charge on any atom is 0.272 e. The summed E-state index contributed by atoms with van der Waals surface area (Å²) in [6.07, 6.45) is 0.687. The SMILES string of the molecule is COCCn1nc(C(=O)NC2CCOc3ccccc32)ccc1=O. The summed E-state index contributed by atoms with van der Waals surface area (Å²) in [7, 11) is 1.55. The molecule has 2 heterocycles. The Hall–Kier alpha value is -2.67. The summed E-state index contributed by atoms with van der Waals surface area (Å²) >= 11 is 0. The Morgan fingerprint density at radius 1 is 1.38 bits per heavy atom. The Kier molecular flexibility index (Phi) is 4.90. The average Bonchev–Trinajstić information content (AvgIpc) is 2.61. The Bertz CT molecular complexity index is 787. The topological polar surface area (TPSA) is 82.5 Å². The fourth-order valence-electron chi connectivity index (χ4n) is 2.63. The second kappa shape index (κ2) is 7.27. The quantitative estimate of drug-likeness (QED) is 0.889. The van der Waals surface area contributed by atoms with E-state index in [2.05, 4.69) is 10.4 Å². The Labute approximate surface area is 139 Å². The average molecular weight is 329 g/mol. The Morgan fingerprint density at radius 2 is 2.21 bits per heavy atom. The number of carbonyl (C=O) groups is 1. The van der Waals surface area contributed by atoms with Crippen LogP contribution in [0.2, 0.25) is 0 Å². The first-order valence-electron chi connectivity index (χ1n) is 7.79. The molecular weight excluding hydrogens is 310 g/mol. The largest absolute Gasteiger partial charge is 0.493 e. The fourth-order valence-corrected chi connectivity index (χ4v) is 2.63. The predicted molar refractivity (Wildman–Crippen MR) is 87.1 cm³/mol. The second-order valence-corrected chi connectivity index (χ2v) is 5.47. The molecule has 1 unspecified atom stereocenters. The van der Waals surface area contributed by atoms with Crippen LogP contribution in [0.4, 0.5) is 0 Å². The molecule has 2 aromatic rings. The van der Waals surface area contributed by atoms with Crippen LogP contribution in [0.15, 0.2) is 41.2 Å². The molecule has 1 aromatic carbocycles. The van der Waals surface area contributed by atoms with Crippen LogP contribution in [-0.2, 0) is 11.3 Å². The smallest absolute Gasteiger partial charge is 0.272 e. The third-order valence-electron chi connectivity index (χ3n) is 3.87. The van der Waals surface area contributed by atoms with Crippen LogP contribution in [0.3, 0.4) is 0 Å². The van der Waals surface area contributed by atoms with Gasteiger partial charge in [-0.3, -0.25) is 9.59 Å². The van der Waals surface area contributed by atoms with Crippen molar-refractivity contribution < 1.29 is 14.3 Å². The molecule has 126 valence electrons. The standard InChI is InChI=1S/C17H19N3O4/c1-23-11-9-20-16(21)7-6-14(19-20)17(22)18-13-8-10-24-15-5-3-2-4-12(13)15/h2-7,13H,8-11H2,1H3,(H,18,22). The number of nitrogens with zero attached hydrogens (tertiary/aromatic N) is 2. The molecule has 0 spiro atoms. The van der Waals surface area contributed by atoms with E-state index in [-0.39, 0.29) is 23.2 Å². The molecule has 1 atom stereocenters. The zero-order valence-electron chi connectivity index (χ0n) is 13.4. The van der Waals surface area contributed by atoms with Crippen molar-refractivity contribution >= 4 is 5.91 Å². The van der Waals surface area contributed by atoms with Crippen molar-refractivity contribution in [3.8, 4) is 5.75 Å². The van der Waals surface area contributed by atoms with E-state index in [1.165, 1.54) is 16.8 Å². The zero-order chi connectivity index (χ0) is 16.9. The van der Waals surface area contributed by atoms with Crippen LogP contribution in [0, 0.1) is 0 Å². The minimum Gasteiger partial charge on any atom is -0.493 e. The van der Waals surface area contributed by atoms with E-state index in [1.807, 2.05) is 24.3 Å². The zero-order valence-corrected chi connectivity index (χ0v) is 13.4. The van der Waals surface area contributed by atoms with E-state index in [0.717, 1.165) is 11.3 Å². The number of rotatable bonds is 5. The molecular formula is C17H19N3O4. The van der Waals surface area contributed by atoms with E-state index in [0.29, 0.717) is 26.2 Å². The van der Waals surface area contributed by atoms with Crippen molar-refractivity contribution in [2.24, 2.45) is 0 Å². The van der Waals surface area contributed by atoms with Gasteiger partial charge in [0.05, 0.1) is 25.8 Å². The van der Waals surface area contributed by atoms with Crippen LogP contribution < -0.4 is 15.6 Å². The van der Waals surface area contributed by atoms with E-state index >= 15 is 0 Å². The second-order valence-electron chi connectivity index (χ2n) is 5.47. The van der Waals surface area contributed by atoms with Gasteiger partial charge < -0.3 is 14.8 Å². The van der Waals surface area contributed by atoms with Crippen LogP contribution >= 0.6 is 0 Å². The van der Waals surface area contributed by atoms with Crippen molar-refractivity contribution in [1.82, 2.24) is 15.1 Å². The molecule has 0 saturated carbocycles. The molecule has 1 N–H and O–H groups in total. The maximum absolute atomic E-state index is 12.5. The van der Waals surface area contributed by atoms with Gasteiger partial charge in [-0.05, 0) is 12.1 Å². The molecule has 7 nitrogen and oxygen atoms in total. The molecule has 0 radical (unpaired) electrons. The highest BCUT2D eigenvalue weighted by Crippen LogP contribution is 2.31. The predicted octanol–water partition coefficient (Wildman–Crippen LogP) is 1.14. The molecule has 0 bridgehead atoms. The maximum atomic E-state index is 12.5. The van der Waals surface area contributed by atoms with Crippen molar-refractivity contribution in [1.29, 1.82) is 0 Å². The van der Waals surface area contributed by atoms with Crippen LogP contribution in [-0.4, -0.2) is 36.0 Å². The minimum atomic E-state index is -0.317. The highest BCUT2D eigenvalue weighted by Gasteiger charge is 2.23. The molecule has 24 heavy (non-hydrogen) atoms. The Balaban J connectivity index is 1.77. The number of fused-ring (bicyclic) bond motifs is 1. The van der Waals surface area contributed by atoms with Gasteiger partial charge in [0.1, 0.15) is 11.4 Å². The van der Waals surface area contributed by atoms with E-state index < -0.39 is 0 Å². The number of carbonyl (C=O) groups excluding carboxylic acids is 1. The van der Waals surface area contributed by atoms with Crippen molar-refractivity contribution in [3.05, 3.63) is 58.0 Å². The van der Waals surface area contributed by atoms with Gasteiger partial charge >= 0.3 is 0 Å². The van der Waals surface area contributed by atoms with Crippen molar-refractivity contribution in [3.63, 3.8) is 0 Å². The lowest BCUT2D eigenvalue weighted by Crippen LogP contribution is -2.34. The molecule has 1 aromatic heterocycles. The van der Waals surface area contributed by atoms with Gasteiger partial charge in [-0.2, -0.15) is 5.10 Å². The lowest BCUT2D eigenvalue weighted by molar-refractivity contribution is 0.0916. The number of para-hydroxylation sites is 1. The molecule has 1 aliphatic heterocycles. The first-order valence-corrected chi connectivity index (χ1v) is 7.79. The van der Waals surface area contributed by atoms with E-state index in [9.17, 15) is 9.59 Å². The number of hydrogen-bond acceptors (Lipinski definition) is 5. The molecule has 7 heteroatoms. The number of methoxy groups -OCH3 is 1. The number of aromatic nitrogens is 2. The first kappa shape index (κ1) is 16.2. The van der Waals surface area contributed by atoms with Gasteiger partial charge in [-0.1, -0.05) is 18.2 Å². The molecule has 1 amide bonds. The minimum absolute atomic E-state index is 0.136. The number of hydrogen-bond donors (Lipinski definition) is 1. The molecule has 1 aliphatic rings. The number of nitrogens with one attached hydrogen (secondary N) is 1. The summed E-state index contributed by atoms with van der Waals surface area (Å²) < 4.78 is 11.8. The molecule has 3 rings (SSSR count). The van der Waals surface area contributed by atoms with Gasteiger partial charge in [-0.15, -0.1) is 0 Å². The lowest BCUT2D eigenvalue weighted by Gasteiger charge is -2.26.